The molecule has 0 aliphatic rings. The quantitative estimate of drug-likeness (QED) is 0.819. The van der Waals surface area contributed by atoms with E-state index < -0.39 is 6.11 Å². The number of hydrogen-bond donors (Lipinski definition) is 1. The number of alkyl halides is 2. The van der Waals surface area contributed by atoms with Gasteiger partial charge in [0.05, 0.1) is 0 Å². The fourth-order valence-electron chi connectivity index (χ4n) is 1.14. The van der Waals surface area contributed by atoms with Crippen LogP contribution in [0.2, 0.25) is 0 Å². The second-order valence-corrected chi connectivity index (χ2v) is 3.28. The number of hydrogen-bond acceptors (Lipinski definition) is 2. The molecule has 0 bridgehead atoms. The third-order valence-electron chi connectivity index (χ3n) is 2.04. The number of ether oxygens (including phenoxy) is 1. The summed E-state index contributed by atoms with van der Waals surface area (Å²) in [5.41, 5.74) is 6.39. The summed E-state index contributed by atoms with van der Waals surface area (Å²) in [6, 6.07) is 6.56. The summed E-state index contributed by atoms with van der Waals surface area (Å²) in [4.78, 5) is 0. The van der Waals surface area contributed by atoms with Crippen molar-refractivity contribution in [2.75, 3.05) is 6.54 Å². The maximum absolute atomic E-state index is 12.8. The maximum Gasteiger partial charge on any atom is 0.397 e. The molecule has 0 saturated carbocycles. The molecule has 0 aromatic heterocycles. The minimum absolute atomic E-state index is 0.183. The molecule has 1 aromatic rings. The molecule has 0 aliphatic carbocycles. The zero-order valence-electron chi connectivity index (χ0n) is 8.67. The Morgan fingerprint density at radius 2 is 1.87 bits per heavy atom. The summed E-state index contributed by atoms with van der Waals surface area (Å²) < 4.78 is 30.2. The van der Waals surface area contributed by atoms with Gasteiger partial charge in [-0.2, -0.15) is 8.78 Å². The van der Waals surface area contributed by atoms with E-state index >= 15 is 0 Å². The normalized spacial score (nSPS) is 11.5. The number of nitrogens with two attached hydrogens (primary N) is 1. The Morgan fingerprint density at radius 3 is 2.33 bits per heavy atom. The van der Waals surface area contributed by atoms with Gasteiger partial charge in [0, 0.05) is 6.42 Å². The second kappa shape index (κ2) is 5.07. The van der Waals surface area contributed by atoms with Crippen molar-refractivity contribution in [2.45, 2.75) is 25.9 Å². The average Bonchev–Trinajstić information content (AvgIpc) is 2.21. The van der Waals surface area contributed by atoms with Crippen molar-refractivity contribution in [3.63, 3.8) is 0 Å². The summed E-state index contributed by atoms with van der Waals surface area (Å²) in [6.45, 7) is 1.92. The van der Waals surface area contributed by atoms with Crippen LogP contribution in [0.4, 0.5) is 8.78 Å². The van der Waals surface area contributed by atoms with Crippen LogP contribution in [-0.2, 0) is 6.42 Å². The van der Waals surface area contributed by atoms with Crippen LogP contribution in [0.15, 0.2) is 24.3 Å². The fourth-order valence-corrected chi connectivity index (χ4v) is 1.14. The van der Waals surface area contributed by atoms with Gasteiger partial charge in [0.1, 0.15) is 5.75 Å². The van der Waals surface area contributed by atoms with Gasteiger partial charge >= 0.3 is 6.11 Å². The highest BCUT2D eigenvalue weighted by Crippen LogP contribution is 2.24. The van der Waals surface area contributed by atoms with Crippen LogP contribution in [-0.4, -0.2) is 12.7 Å². The Hall–Kier alpha value is -1.16. The maximum atomic E-state index is 12.8. The summed E-state index contributed by atoms with van der Waals surface area (Å²) in [6.07, 6.45) is -2.68. The topological polar surface area (TPSA) is 35.2 Å². The van der Waals surface area contributed by atoms with Crippen molar-refractivity contribution in [3.05, 3.63) is 29.8 Å². The van der Waals surface area contributed by atoms with Crippen LogP contribution in [0.5, 0.6) is 5.75 Å². The van der Waals surface area contributed by atoms with E-state index in [2.05, 4.69) is 4.74 Å². The van der Waals surface area contributed by atoms with Crippen molar-refractivity contribution in [1.29, 1.82) is 0 Å². The van der Waals surface area contributed by atoms with Crippen molar-refractivity contribution in [2.24, 2.45) is 5.73 Å². The summed E-state index contributed by atoms with van der Waals surface area (Å²) >= 11 is 0. The molecule has 15 heavy (non-hydrogen) atoms. The lowest BCUT2D eigenvalue weighted by Gasteiger charge is -2.16. The lowest BCUT2D eigenvalue weighted by Crippen LogP contribution is -2.23. The Bertz CT molecular complexity index is 298. The molecule has 0 radical (unpaired) electrons. The lowest BCUT2D eigenvalue weighted by molar-refractivity contribution is -0.177. The summed E-state index contributed by atoms with van der Waals surface area (Å²) in [7, 11) is 0. The monoisotopic (exact) mass is 215 g/mol. The molecule has 2 nitrogen and oxygen atoms in total. The highest BCUT2D eigenvalue weighted by molar-refractivity contribution is 5.27. The molecule has 4 heteroatoms. The van der Waals surface area contributed by atoms with E-state index in [1.54, 1.807) is 12.1 Å². The summed E-state index contributed by atoms with van der Waals surface area (Å²) in [5.74, 6) is 0.183. The molecule has 0 amide bonds. The largest absolute Gasteiger partial charge is 0.433 e. The van der Waals surface area contributed by atoms with Crippen LogP contribution >= 0.6 is 0 Å². The highest BCUT2D eigenvalue weighted by atomic mass is 19.3. The van der Waals surface area contributed by atoms with Crippen LogP contribution < -0.4 is 10.5 Å². The molecule has 0 heterocycles. The molecule has 0 spiro atoms. The van der Waals surface area contributed by atoms with E-state index in [-0.39, 0.29) is 12.2 Å². The Kier molecular flexibility index (Phi) is 4.03. The van der Waals surface area contributed by atoms with Gasteiger partial charge in [0.2, 0.25) is 0 Å². The molecule has 0 fully saturated rings. The van der Waals surface area contributed by atoms with Crippen LogP contribution in [0.25, 0.3) is 0 Å². The predicted molar refractivity (Wildman–Crippen MR) is 55.1 cm³/mol. The number of halogens is 2. The first-order valence-corrected chi connectivity index (χ1v) is 4.93. The van der Waals surface area contributed by atoms with Crippen molar-refractivity contribution < 1.29 is 13.5 Å². The van der Waals surface area contributed by atoms with Crippen molar-refractivity contribution in [1.82, 2.24) is 0 Å². The third kappa shape index (κ3) is 3.83. The lowest BCUT2D eigenvalue weighted by atomic mass is 10.1. The van der Waals surface area contributed by atoms with Crippen LogP contribution in [0.1, 0.15) is 18.9 Å². The Balaban J connectivity index is 2.64. The fraction of sp³-hybridized carbons (Fsp3) is 0.455. The minimum atomic E-state index is -3.09. The van der Waals surface area contributed by atoms with E-state index in [1.807, 2.05) is 0 Å². The number of benzene rings is 1. The first kappa shape index (κ1) is 11.9. The first-order chi connectivity index (χ1) is 7.07. The van der Waals surface area contributed by atoms with Crippen molar-refractivity contribution in [3.8, 4) is 5.75 Å². The smallest absolute Gasteiger partial charge is 0.397 e. The van der Waals surface area contributed by atoms with Gasteiger partial charge in [-0.3, -0.25) is 0 Å². The number of rotatable bonds is 5. The van der Waals surface area contributed by atoms with Crippen molar-refractivity contribution >= 4 is 0 Å². The van der Waals surface area contributed by atoms with E-state index in [0.29, 0.717) is 6.54 Å². The standard InChI is InChI=1S/C11H15F2NO/c1-2-11(12,13)15-10-5-3-9(4-6-10)7-8-14/h3-6H,2,7-8,14H2,1H3. The minimum Gasteiger partial charge on any atom is -0.433 e. The van der Waals surface area contributed by atoms with Gasteiger partial charge in [0.25, 0.3) is 0 Å². The molecule has 0 aliphatic heterocycles. The van der Waals surface area contributed by atoms with E-state index in [1.165, 1.54) is 19.1 Å². The molecule has 0 unspecified atom stereocenters. The molecule has 1 rings (SSSR count). The third-order valence-corrected chi connectivity index (χ3v) is 2.04. The van der Waals surface area contributed by atoms with Gasteiger partial charge in [0.15, 0.2) is 0 Å². The highest BCUT2D eigenvalue weighted by Gasteiger charge is 2.28. The molecule has 0 atom stereocenters. The van der Waals surface area contributed by atoms with Crippen LogP contribution in [0.3, 0.4) is 0 Å². The average molecular weight is 215 g/mol. The van der Waals surface area contributed by atoms with Gasteiger partial charge in [-0.05, 0) is 30.7 Å². The molecule has 0 saturated heterocycles. The molecular weight excluding hydrogens is 200 g/mol. The Labute approximate surface area is 88.0 Å². The SMILES string of the molecule is CCC(F)(F)Oc1ccc(CCN)cc1. The first-order valence-electron chi connectivity index (χ1n) is 4.93. The molecule has 84 valence electrons. The van der Waals surface area contributed by atoms with E-state index in [4.69, 9.17) is 5.73 Å². The molecular formula is C11H15F2NO. The van der Waals surface area contributed by atoms with E-state index in [0.717, 1.165) is 12.0 Å². The molecule has 2 N–H and O–H groups in total. The van der Waals surface area contributed by atoms with E-state index in [9.17, 15) is 8.78 Å². The zero-order chi connectivity index (χ0) is 11.3. The Morgan fingerprint density at radius 1 is 1.27 bits per heavy atom. The van der Waals surface area contributed by atoms with Gasteiger partial charge in [-0.1, -0.05) is 19.1 Å². The zero-order valence-corrected chi connectivity index (χ0v) is 8.67. The van der Waals surface area contributed by atoms with Gasteiger partial charge < -0.3 is 10.5 Å². The van der Waals surface area contributed by atoms with Gasteiger partial charge in [-0.25, -0.2) is 0 Å². The molecule has 1 aromatic carbocycles. The second-order valence-electron chi connectivity index (χ2n) is 3.28. The van der Waals surface area contributed by atoms with Gasteiger partial charge in [-0.15, -0.1) is 0 Å². The summed E-state index contributed by atoms with van der Waals surface area (Å²) in [5, 5.41) is 0. The van der Waals surface area contributed by atoms with Crippen LogP contribution in [0, 0.1) is 0 Å². The predicted octanol–water partition coefficient (Wildman–Crippen LogP) is 2.57.